The lowest BCUT2D eigenvalue weighted by Gasteiger charge is -2.15. The highest BCUT2D eigenvalue weighted by atomic mass is 32.2. The summed E-state index contributed by atoms with van der Waals surface area (Å²) in [5.74, 6) is 0.266. The van der Waals surface area contributed by atoms with Gasteiger partial charge in [-0.15, -0.1) is 0 Å². The van der Waals surface area contributed by atoms with E-state index in [0.29, 0.717) is 30.1 Å². The molecular weight excluding hydrogens is 319 g/mol. The molecular formula is C15H19FN4O2S. The van der Waals surface area contributed by atoms with E-state index in [4.69, 9.17) is 5.26 Å². The van der Waals surface area contributed by atoms with E-state index in [1.165, 1.54) is 18.2 Å². The summed E-state index contributed by atoms with van der Waals surface area (Å²) in [6, 6.07) is 5.89. The molecule has 1 atom stereocenters. The number of nitriles is 1. The fourth-order valence-corrected chi connectivity index (χ4v) is 4.03. The zero-order chi connectivity index (χ0) is 16.9. The summed E-state index contributed by atoms with van der Waals surface area (Å²) < 4.78 is 36.7. The molecule has 1 aliphatic heterocycles. The number of guanidine groups is 1. The van der Waals surface area contributed by atoms with Crippen LogP contribution in [-0.2, 0) is 16.4 Å². The maximum atomic E-state index is 13.7. The van der Waals surface area contributed by atoms with Gasteiger partial charge in [0.2, 0.25) is 0 Å². The summed E-state index contributed by atoms with van der Waals surface area (Å²) in [7, 11) is -2.98. The number of sulfone groups is 1. The number of nitrogens with one attached hydrogen (secondary N) is 2. The predicted molar refractivity (Wildman–Crippen MR) is 86.1 cm³/mol. The van der Waals surface area contributed by atoms with E-state index >= 15 is 0 Å². The Morgan fingerprint density at radius 3 is 2.91 bits per heavy atom. The molecule has 6 nitrogen and oxygen atoms in total. The van der Waals surface area contributed by atoms with Crippen LogP contribution < -0.4 is 10.6 Å². The first-order valence-corrected chi connectivity index (χ1v) is 9.19. The Labute approximate surface area is 135 Å². The molecule has 1 unspecified atom stereocenters. The van der Waals surface area contributed by atoms with Crippen LogP contribution in [-0.4, -0.2) is 38.5 Å². The molecule has 124 valence electrons. The van der Waals surface area contributed by atoms with E-state index < -0.39 is 15.7 Å². The Morgan fingerprint density at radius 1 is 1.52 bits per heavy atom. The van der Waals surface area contributed by atoms with Crippen molar-refractivity contribution in [1.82, 2.24) is 10.6 Å². The number of nitrogens with zero attached hydrogens (tertiary/aromatic N) is 2. The summed E-state index contributed by atoms with van der Waals surface area (Å²) in [6.45, 7) is 2.56. The van der Waals surface area contributed by atoms with Gasteiger partial charge in [-0.1, -0.05) is 0 Å². The molecule has 0 aliphatic carbocycles. The van der Waals surface area contributed by atoms with Gasteiger partial charge in [0.15, 0.2) is 15.8 Å². The van der Waals surface area contributed by atoms with Crippen molar-refractivity contribution in [3.63, 3.8) is 0 Å². The Hall–Kier alpha value is -2.14. The van der Waals surface area contributed by atoms with Crippen molar-refractivity contribution in [2.45, 2.75) is 25.9 Å². The topological polar surface area (TPSA) is 94.3 Å². The molecule has 1 aliphatic rings. The largest absolute Gasteiger partial charge is 0.357 e. The van der Waals surface area contributed by atoms with Crippen LogP contribution in [0.15, 0.2) is 23.2 Å². The quantitative estimate of drug-likeness (QED) is 0.629. The van der Waals surface area contributed by atoms with Gasteiger partial charge in [0.25, 0.3) is 0 Å². The lowest BCUT2D eigenvalue weighted by atomic mass is 10.1. The van der Waals surface area contributed by atoms with E-state index in [9.17, 15) is 12.8 Å². The summed E-state index contributed by atoms with van der Waals surface area (Å²) in [5, 5.41) is 14.9. The number of hydrogen-bond donors (Lipinski definition) is 2. The van der Waals surface area contributed by atoms with Crippen LogP contribution >= 0.6 is 0 Å². The van der Waals surface area contributed by atoms with Crippen LogP contribution in [0.5, 0.6) is 0 Å². The molecule has 0 radical (unpaired) electrons. The number of benzene rings is 1. The number of halogens is 1. The van der Waals surface area contributed by atoms with Gasteiger partial charge in [0, 0.05) is 18.2 Å². The average Bonchev–Trinajstić information content (AvgIpc) is 2.85. The first-order valence-electron chi connectivity index (χ1n) is 7.37. The third kappa shape index (κ3) is 4.93. The van der Waals surface area contributed by atoms with E-state index in [1.54, 1.807) is 0 Å². The van der Waals surface area contributed by atoms with Crippen LogP contribution in [0, 0.1) is 17.1 Å². The molecule has 0 saturated carbocycles. The van der Waals surface area contributed by atoms with Gasteiger partial charge in [-0.2, -0.15) is 5.26 Å². The second-order valence-corrected chi connectivity index (χ2v) is 7.59. The van der Waals surface area contributed by atoms with Crippen molar-refractivity contribution < 1.29 is 12.8 Å². The molecule has 1 saturated heterocycles. The highest BCUT2D eigenvalue weighted by Crippen LogP contribution is 2.13. The van der Waals surface area contributed by atoms with Gasteiger partial charge in [-0.3, -0.25) is 0 Å². The van der Waals surface area contributed by atoms with Gasteiger partial charge in [-0.05, 0) is 31.5 Å². The minimum absolute atomic E-state index is 0.0656. The second kappa shape index (κ2) is 7.42. The minimum atomic E-state index is -2.98. The van der Waals surface area contributed by atoms with Gasteiger partial charge >= 0.3 is 0 Å². The molecule has 0 amide bonds. The van der Waals surface area contributed by atoms with Crippen molar-refractivity contribution in [3.05, 3.63) is 35.1 Å². The third-order valence-corrected chi connectivity index (χ3v) is 5.27. The average molecular weight is 338 g/mol. The van der Waals surface area contributed by atoms with E-state index in [2.05, 4.69) is 15.6 Å². The zero-order valence-corrected chi connectivity index (χ0v) is 13.7. The predicted octanol–water partition coefficient (Wildman–Crippen LogP) is 0.940. The van der Waals surface area contributed by atoms with Crippen molar-refractivity contribution in [2.24, 2.45) is 4.99 Å². The SMILES string of the molecule is CCNC(=NCc1cc(C#N)ccc1F)NC1CCS(=O)(=O)C1. The van der Waals surface area contributed by atoms with Crippen molar-refractivity contribution in [1.29, 1.82) is 5.26 Å². The van der Waals surface area contributed by atoms with Crippen LogP contribution in [0.2, 0.25) is 0 Å². The van der Waals surface area contributed by atoms with E-state index in [1.807, 2.05) is 13.0 Å². The van der Waals surface area contributed by atoms with Gasteiger partial charge in [0.1, 0.15) is 5.82 Å². The minimum Gasteiger partial charge on any atom is -0.357 e. The summed E-state index contributed by atoms with van der Waals surface area (Å²) in [6.07, 6.45) is 0.533. The van der Waals surface area contributed by atoms with E-state index in [0.717, 1.165) is 0 Å². The molecule has 1 aromatic carbocycles. The maximum absolute atomic E-state index is 13.7. The fraction of sp³-hybridized carbons (Fsp3) is 0.467. The maximum Gasteiger partial charge on any atom is 0.191 e. The second-order valence-electron chi connectivity index (χ2n) is 5.36. The monoisotopic (exact) mass is 338 g/mol. The number of hydrogen-bond acceptors (Lipinski definition) is 4. The number of rotatable bonds is 4. The van der Waals surface area contributed by atoms with Gasteiger partial charge < -0.3 is 10.6 Å². The molecule has 0 aromatic heterocycles. The molecule has 0 spiro atoms. The lowest BCUT2D eigenvalue weighted by molar-refractivity contribution is 0.599. The van der Waals surface area contributed by atoms with Crippen molar-refractivity contribution in [2.75, 3.05) is 18.1 Å². The molecule has 2 N–H and O–H groups in total. The lowest BCUT2D eigenvalue weighted by Crippen LogP contribution is -2.44. The highest BCUT2D eigenvalue weighted by Gasteiger charge is 2.28. The summed E-state index contributed by atoms with van der Waals surface area (Å²) in [5.41, 5.74) is 0.691. The van der Waals surface area contributed by atoms with Crippen molar-refractivity contribution in [3.8, 4) is 6.07 Å². The Morgan fingerprint density at radius 2 is 2.30 bits per heavy atom. The Kier molecular flexibility index (Phi) is 5.55. The Balaban J connectivity index is 2.09. The first-order chi connectivity index (χ1) is 10.9. The third-order valence-electron chi connectivity index (χ3n) is 3.50. The van der Waals surface area contributed by atoms with E-state index in [-0.39, 0.29) is 24.1 Å². The van der Waals surface area contributed by atoms with Crippen molar-refractivity contribution >= 4 is 15.8 Å². The smallest absolute Gasteiger partial charge is 0.191 e. The molecule has 1 heterocycles. The molecule has 8 heteroatoms. The summed E-state index contributed by atoms with van der Waals surface area (Å²) in [4.78, 5) is 4.28. The first kappa shape index (κ1) is 17.2. The fourth-order valence-electron chi connectivity index (χ4n) is 2.35. The zero-order valence-electron chi connectivity index (χ0n) is 12.8. The van der Waals surface area contributed by atoms with Gasteiger partial charge in [0.05, 0.1) is 29.7 Å². The number of aliphatic imine (C=N–C) groups is 1. The Bertz CT molecular complexity index is 740. The molecule has 23 heavy (non-hydrogen) atoms. The standard InChI is InChI=1S/C15H19FN4O2S/c1-2-18-15(20-13-5-6-23(21,22)10-13)19-9-12-7-11(8-17)3-4-14(12)16/h3-4,7,13H,2,5-6,9-10H2,1H3,(H2,18,19,20). The molecule has 1 aromatic rings. The molecule has 1 fully saturated rings. The molecule has 2 rings (SSSR count). The normalized spacial score (nSPS) is 20.0. The summed E-state index contributed by atoms with van der Waals surface area (Å²) >= 11 is 0. The van der Waals surface area contributed by atoms with Crippen LogP contribution in [0.3, 0.4) is 0 Å². The van der Waals surface area contributed by atoms with Crippen LogP contribution in [0.25, 0.3) is 0 Å². The van der Waals surface area contributed by atoms with Gasteiger partial charge in [-0.25, -0.2) is 17.8 Å². The van der Waals surface area contributed by atoms with Crippen LogP contribution in [0.1, 0.15) is 24.5 Å². The highest BCUT2D eigenvalue weighted by molar-refractivity contribution is 7.91. The van der Waals surface area contributed by atoms with Crippen LogP contribution in [0.4, 0.5) is 4.39 Å². The molecule has 0 bridgehead atoms.